The van der Waals surface area contributed by atoms with Crippen molar-refractivity contribution in [2.45, 2.75) is 19.2 Å². The lowest BCUT2D eigenvalue weighted by atomic mass is 10.1. The van der Waals surface area contributed by atoms with Crippen LogP contribution in [0.25, 0.3) is 11.5 Å². The maximum atomic E-state index is 6.06. The highest BCUT2D eigenvalue weighted by molar-refractivity contribution is 6.33. The van der Waals surface area contributed by atoms with Crippen molar-refractivity contribution in [3.8, 4) is 11.5 Å². The number of benzene rings is 1. The molecule has 16 heavy (non-hydrogen) atoms. The Bertz CT molecular complexity index is 508. The average molecular weight is 257 g/mol. The predicted octanol–water partition coefficient (Wildman–Crippen LogP) is 4.00. The maximum absolute atomic E-state index is 6.06. The van der Waals surface area contributed by atoms with Gasteiger partial charge in [-0.05, 0) is 26.0 Å². The van der Waals surface area contributed by atoms with Crippen molar-refractivity contribution in [2.24, 2.45) is 0 Å². The molecule has 1 unspecified atom stereocenters. The molecular formula is C11H10Cl2N2O. The second kappa shape index (κ2) is 4.44. The first-order valence-corrected chi connectivity index (χ1v) is 5.63. The number of halogens is 2. The molecule has 1 heterocycles. The van der Waals surface area contributed by atoms with E-state index in [4.69, 9.17) is 27.7 Å². The van der Waals surface area contributed by atoms with Gasteiger partial charge in [0, 0.05) is 0 Å². The van der Waals surface area contributed by atoms with Crippen LogP contribution in [0.2, 0.25) is 5.02 Å². The van der Waals surface area contributed by atoms with Crippen molar-refractivity contribution in [1.29, 1.82) is 0 Å². The minimum absolute atomic E-state index is 0.277. The number of alkyl halides is 1. The highest BCUT2D eigenvalue weighted by Gasteiger charge is 2.14. The first-order chi connectivity index (χ1) is 7.58. The summed E-state index contributed by atoms with van der Waals surface area (Å²) in [7, 11) is 0. The molecule has 5 heteroatoms. The molecule has 0 saturated heterocycles. The Labute approximate surface area is 103 Å². The SMILES string of the molecule is Cc1ccc(Cl)c(-c2nc(C(C)Cl)no2)c1. The minimum atomic E-state index is -0.277. The minimum Gasteiger partial charge on any atom is -0.334 e. The zero-order valence-corrected chi connectivity index (χ0v) is 10.4. The Morgan fingerprint density at radius 1 is 1.38 bits per heavy atom. The lowest BCUT2D eigenvalue weighted by Gasteiger charge is -1.99. The van der Waals surface area contributed by atoms with Gasteiger partial charge in [0.15, 0.2) is 5.82 Å². The van der Waals surface area contributed by atoms with Crippen LogP contribution in [0.15, 0.2) is 22.7 Å². The quantitative estimate of drug-likeness (QED) is 0.763. The number of aromatic nitrogens is 2. The molecular weight excluding hydrogens is 247 g/mol. The second-order valence-corrected chi connectivity index (χ2v) is 4.62. The Balaban J connectivity index is 2.46. The number of aryl methyl sites for hydroxylation is 1. The highest BCUT2D eigenvalue weighted by atomic mass is 35.5. The van der Waals surface area contributed by atoms with Crippen LogP contribution < -0.4 is 0 Å². The fourth-order valence-electron chi connectivity index (χ4n) is 1.31. The molecule has 2 rings (SSSR count). The van der Waals surface area contributed by atoms with Gasteiger partial charge in [0.25, 0.3) is 5.89 Å². The summed E-state index contributed by atoms with van der Waals surface area (Å²) in [5.41, 5.74) is 1.82. The molecule has 0 aliphatic carbocycles. The van der Waals surface area contributed by atoms with Crippen LogP contribution in [0.3, 0.4) is 0 Å². The van der Waals surface area contributed by atoms with E-state index in [-0.39, 0.29) is 5.38 Å². The lowest BCUT2D eigenvalue weighted by molar-refractivity contribution is 0.422. The van der Waals surface area contributed by atoms with Gasteiger partial charge in [-0.3, -0.25) is 0 Å². The van der Waals surface area contributed by atoms with Crippen molar-refractivity contribution in [3.05, 3.63) is 34.6 Å². The monoisotopic (exact) mass is 256 g/mol. The topological polar surface area (TPSA) is 38.9 Å². The molecule has 1 aromatic carbocycles. The molecule has 0 spiro atoms. The van der Waals surface area contributed by atoms with Crippen LogP contribution in [-0.4, -0.2) is 10.1 Å². The largest absolute Gasteiger partial charge is 0.334 e. The summed E-state index contributed by atoms with van der Waals surface area (Å²) in [6, 6.07) is 5.63. The number of rotatable bonds is 2. The molecule has 0 amide bonds. The molecule has 0 aliphatic rings. The summed E-state index contributed by atoms with van der Waals surface area (Å²) in [5.74, 6) is 0.866. The van der Waals surface area contributed by atoms with Crippen LogP contribution in [0.1, 0.15) is 23.7 Å². The highest BCUT2D eigenvalue weighted by Crippen LogP contribution is 2.28. The van der Waals surface area contributed by atoms with E-state index in [1.54, 1.807) is 13.0 Å². The van der Waals surface area contributed by atoms with E-state index in [2.05, 4.69) is 10.1 Å². The van der Waals surface area contributed by atoms with Gasteiger partial charge in [0.05, 0.1) is 16.0 Å². The van der Waals surface area contributed by atoms with E-state index in [9.17, 15) is 0 Å². The summed E-state index contributed by atoms with van der Waals surface area (Å²) < 4.78 is 5.12. The van der Waals surface area contributed by atoms with Crippen molar-refractivity contribution in [2.75, 3.05) is 0 Å². The van der Waals surface area contributed by atoms with Crippen LogP contribution in [-0.2, 0) is 0 Å². The molecule has 84 valence electrons. The summed E-state index contributed by atoms with van der Waals surface area (Å²) in [5, 5.41) is 4.10. The second-order valence-electron chi connectivity index (χ2n) is 3.56. The number of hydrogen-bond acceptors (Lipinski definition) is 3. The van der Waals surface area contributed by atoms with Gasteiger partial charge in [-0.2, -0.15) is 4.98 Å². The standard InChI is InChI=1S/C11H10Cl2N2O/c1-6-3-4-9(13)8(5-6)11-14-10(7(2)12)15-16-11/h3-5,7H,1-2H3. The van der Waals surface area contributed by atoms with E-state index in [1.165, 1.54) is 0 Å². The third-order valence-electron chi connectivity index (χ3n) is 2.15. The van der Waals surface area contributed by atoms with Crippen molar-refractivity contribution in [3.63, 3.8) is 0 Å². The van der Waals surface area contributed by atoms with Crippen LogP contribution in [0.4, 0.5) is 0 Å². The first-order valence-electron chi connectivity index (χ1n) is 4.82. The number of nitrogens with zero attached hydrogens (tertiary/aromatic N) is 2. The van der Waals surface area contributed by atoms with E-state index in [0.29, 0.717) is 16.7 Å². The molecule has 2 aromatic rings. The lowest BCUT2D eigenvalue weighted by Crippen LogP contribution is -1.87. The Morgan fingerprint density at radius 2 is 2.12 bits per heavy atom. The normalized spacial score (nSPS) is 12.8. The third kappa shape index (κ3) is 2.20. The van der Waals surface area contributed by atoms with Crippen molar-refractivity contribution in [1.82, 2.24) is 10.1 Å². The Hall–Kier alpha value is -1.06. The summed E-state index contributed by atoms with van der Waals surface area (Å²) in [6.07, 6.45) is 0. The molecule has 0 saturated carbocycles. The average Bonchev–Trinajstić information content (AvgIpc) is 2.70. The predicted molar refractivity (Wildman–Crippen MR) is 63.7 cm³/mol. The molecule has 3 nitrogen and oxygen atoms in total. The molecule has 1 aromatic heterocycles. The molecule has 0 fully saturated rings. The molecule has 0 N–H and O–H groups in total. The fraction of sp³-hybridized carbons (Fsp3) is 0.273. The van der Waals surface area contributed by atoms with E-state index in [1.807, 2.05) is 19.1 Å². The zero-order chi connectivity index (χ0) is 11.7. The molecule has 0 bridgehead atoms. The van der Waals surface area contributed by atoms with Crippen LogP contribution >= 0.6 is 23.2 Å². The summed E-state index contributed by atoms with van der Waals surface area (Å²) in [4.78, 5) is 4.19. The number of hydrogen-bond donors (Lipinski definition) is 0. The van der Waals surface area contributed by atoms with Gasteiger partial charge < -0.3 is 4.52 Å². The van der Waals surface area contributed by atoms with E-state index >= 15 is 0 Å². The Kier molecular flexibility index (Phi) is 3.17. The van der Waals surface area contributed by atoms with Crippen molar-refractivity contribution < 1.29 is 4.52 Å². The van der Waals surface area contributed by atoms with Gasteiger partial charge in [-0.15, -0.1) is 11.6 Å². The molecule has 0 aliphatic heterocycles. The van der Waals surface area contributed by atoms with Gasteiger partial charge in [-0.25, -0.2) is 0 Å². The van der Waals surface area contributed by atoms with Gasteiger partial charge in [0.2, 0.25) is 0 Å². The molecule has 1 atom stereocenters. The summed E-state index contributed by atoms with van der Waals surface area (Å²) >= 11 is 11.9. The zero-order valence-electron chi connectivity index (χ0n) is 8.87. The van der Waals surface area contributed by atoms with E-state index in [0.717, 1.165) is 11.1 Å². The van der Waals surface area contributed by atoms with Crippen LogP contribution in [0, 0.1) is 6.92 Å². The van der Waals surface area contributed by atoms with Gasteiger partial charge in [-0.1, -0.05) is 28.4 Å². The summed E-state index contributed by atoms with van der Waals surface area (Å²) in [6.45, 7) is 3.76. The smallest absolute Gasteiger partial charge is 0.259 e. The fourth-order valence-corrected chi connectivity index (χ4v) is 1.60. The Morgan fingerprint density at radius 3 is 2.75 bits per heavy atom. The van der Waals surface area contributed by atoms with Crippen molar-refractivity contribution >= 4 is 23.2 Å². The maximum Gasteiger partial charge on any atom is 0.259 e. The first kappa shape index (κ1) is 11.4. The third-order valence-corrected chi connectivity index (χ3v) is 2.67. The molecule has 0 radical (unpaired) electrons. The van der Waals surface area contributed by atoms with E-state index < -0.39 is 0 Å². The van der Waals surface area contributed by atoms with Gasteiger partial charge >= 0.3 is 0 Å². The van der Waals surface area contributed by atoms with Crippen LogP contribution in [0.5, 0.6) is 0 Å². The van der Waals surface area contributed by atoms with Gasteiger partial charge in [0.1, 0.15) is 0 Å².